The summed E-state index contributed by atoms with van der Waals surface area (Å²) in [6.07, 6.45) is 1.15. The summed E-state index contributed by atoms with van der Waals surface area (Å²) in [5.41, 5.74) is 4.07. The molecule has 1 unspecified atom stereocenters. The fourth-order valence-corrected chi connectivity index (χ4v) is 3.20. The van der Waals surface area contributed by atoms with Gasteiger partial charge in [0.25, 0.3) is 5.91 Å². The van der Waals surface area contributed by atoms with Crippen molar-refractivity contribution in [3.05, 3.63) is 64.1 Å². The number of hydrogen-bond acceptors (Lipinski definition) is 5. The van der Waals surface area contributed by atoms with E-state index in [2.05, 4.69) is 5.43 Å². The summed E-state index contributed by atoms with van der Waals surface area (Å²) in [5.74, 6) is -0.152. The van der Waals surface area contributed by atoms with Crippen molar-refractivity contribution in [2.75, 3.05) is 18.6 Å². The molecule has 1 saturated heterocycles. The Hall–Kier alpha value is -2.80. The molecule has 7 nitrogen and oxygen atoms in total. The predicted octanol–water partition coefficient (Wildman–Crippen LogP) is 1.17. The minimum Gasteiger partial charge on any atom is -0.482 e. The van der Waals surface area contributed by atoms with Gasteiger partial charge in [0.05, 0.1) is 12.7 Å². The van der Waals surface area contributed by atoms with Crippen molar-refractivity contribution >= 4 is 5.91 Å². The van der Waals surface area contributed by atoms with E-state index in [0.29, 0.717) is 13.2 Å². The van der Waals surface area contributed by atoms with Crippen LogP contribution >= 0.6 is 0 Å². The van der Waals surface area contributed by atoms with Crippen molar-refractivity contribution in [3.63, 3.8) is 0 Å². The van der Waals surface area contributed by atoms with Crippen molar-refractivity contribution in [2.45, 2.75) is 25.8 Å². The van der Waals surface area contributed by atoms with Crippen molar-refractivity contribution in [1.29, 1.82) is 0 Å². The number of fused-ring (bicyclic) bond motifs is 2. The predicted molar refractivity (Wildman–Crippen MR) is 91.1 cm³/mol. The summed E-state index contributed by atoms with van der Waals surface area (Å²) in [4.78, 5) is 27.0. The molecule has 0 saturated carbocycles. The molecule has 1 amide bonds. The fourth-order valence-electron chi connectivity index (χ4n) is 3.20. The van der Waals surface area contributed by atoms with E-state index >= 15 is 0 Å². The summed E-state index contributed by atoms with van der Waals surface area (Å²) in [5, 5.41) is 0. The third-order valence-electron chi connectivity index (χ3n) is 4.51. The number of morpholine rings is 1. The first-order valence-electron chi connectivity index (χ1n) is 8.26. The highest BCUT2D eigenvalue weighted by Crippen LogP contribution is 2.25. The van der Waals surface area contributed by atoms with Gasteiger partial charge in [-0.3, -0.25) is 14.3 Å². The molecule has 1 N–H and O–H groups in total. The number of carbonyl (C=O) groups excluding carboxylic acids is 1. The van der Waals surface area contributed by atoms with Crippen molar-refractivity contribution in [1.82, 2.24) is 9.58 Å². The van der Waals surface area contributed by atoms with Gasteiger partial charge >= 0.3 is 0 Å². The first-order chi connectivity index (χ1) is 12.1. The molecule has 2 aromatic rings. The van der Waals surface area contributed by atoms with E-state index in [1.54, 1.807) is 15.8 Å². The molecule has 0 radical (unpaired) electrons. The molecule has 4 rings (SSSR count). The summed E-state index contributed by atoms with van der Waals surface area (Å²) >= 11 is 0. The summed E-state index contributed by atoms with van der Waals surface area (Å²) < 4.78 is 12.9. The SMILES string of the molecule is C[C@@H]1OCCN2C(=O)c3c(OCc4ccccc4)c(=O)ccn3NC12. The molecule has 1 aromatic carbocycles. The quantitative estimate of drug-likeness (QED) is 0.907. The maximum absolute atomic E-state index is 13.0. The third kappa shape index (κ3) is 2.76. The van der Waals surface area contributed by atoms with Crippen molar-refractivity contribution in [2.24, 2.45) is 0 Å². The molecule has 0 spiro atoms. The van der Waals surface area contributed by atoms with Gasteiger partial charge in [0.15, 0.2) is 11.4 Å². The highest BCUT2D eigenvalue weighted by Gasteiger charge is 2.40. The van der Waals surface area contributed by atoms with Crippen LogP contribution in [0.15, 0.2) is 47.4 Å². The smallest absolute Gasteiger partial charge is 0.278 e. The molecule has 7 heteroatoms. The number of benzene rings is 1. The summed E-state index contributed by atoms with van der Waals surface area (Å²) in [6.45, 7) is 3.09. The van der Waals surface area contributed by atoms with Gasteiger partial charge in [0, 0.05) is 18.8 Å². The highest BCUT2D eigenvalue weighted by molar-refractivity contribution is 5.96. The van der Waals surface area contributed by atoms with Crippen LogP contribution in [0.2, 0.25) is 0 Å². The minimum atomic E-state index is -0.308. The highest BCUT2D eigenvalue weighted by atomic mass is 16.5. The van der Waals surface area contributed by atoms with Crippen molar-refractivity contribution in [3.8, 4) is 5.75 Å². The van der Waals surface area contributed by atoms with Gasteiger partial charge < -0.3 is 19.8 Å². The minimum absolute atomic E-state index is 0.0708. The number of amides is 1. The van der Waals surface area contributed by atoms with E-state index in [1.807, 2.05) is 37.3 Å². The molecular formula is C18H19N3O4. The van der Waals surface area contributed by atoms with Crippen LogP contribution in [0.3, 0.4) is 0 Å². The van der Waals surface area contributed by atoms with E-state index in [0.717, 1.165) is 5.56 Å². The van der Waals surface area contributed by atoms with E-state index in [4.69, 9.17) is 9.47 Å². The van der Waals surface area contributed by atoms with Gasteiger partial charge in [-0.25, -0.2) is 0 Å². The fraction of sp³-hybridized carbons (Fsp3) is 0.333. The van der Waals surface area contributed by atoms with Gasteiger partial charge in [-0.1, -0.05) is 30.3 Å². The van der Waals surface area contributed by atoms with E-state index < -0.39 is 0 Å². The number of rotatable bonds is 3. The number of pyridine rings is 1. The number of aromatic nitrogens is 1. The normalized spacial score (nSPS) is 22.0. The third-order valence-corrected chi connectivity index (χ3v) is 4.51. The van der Waals surface area contributed by atoms with Crippen LogP contribution in [0.4, 0.5) is 0 Å². The Bertz CT molecular complexity index is 849. The zero-order chi connectivity index (χ0) is 17.4. The molecule has 2 aliphatic rings. The van der Waals surface area contributed by atoms with Gasteiger partial charge in [-0.2, -0.15) is 0 Å². The zero-order valence-electron chi connectivity index (χ0n) is 13.8. The molecule has 1 aromatic heterocycles. The number of ether oxygens (including phenoxy) is 2. The van der Waals surface area contributed by atoms with Crippen molar-refractivity contribution < 1.29 is 14.3 Å². The second-order valence-electron chi connectivity index (χ2n) is 6.15. The van der Waals surface area contributed by atoms with Gasteiger partial charge in [0.1, 0.15) is 12.8 Å². The molecule has 1 fully saturated rings. The summed E-state index contributed by atoms with van der Waals surface area (Å²) in [7, 11) is 0. The number of carbonyl (C=O) groups is 1. The molecule has 0 bridgehead atoms. The number of nitrogens with one attached hydrogen (secondary N) is 1. The van der Waals surface area contributed by atoms with Gasteiger partial charge in [-0.05, 0) is 12.5 Å². The van der Waals surface area contributed by atoms with Gasteiger partial charge in [-0.15, -0.1) is 0 Å². The van der Waals surface area contributed by atoms with E-state index in [-0.39, 0.29) is 41.7 Å². The Morgan fingerprint density at radius 1 is 1.24 bits per heavy atom. The lowest BCUT2D eigenvalue weighted by Crippen LogP contribution is -2.62. The Morgan fingerprint density at radius 3 is 2.84 bits per heavy atom. The average Bonchev–Trinajstić information content (AvgIpc) is 2.63. The second kappa shape index (κ2) is 6.25. The van der Waals surface area contributed by atoms with E-state index in [1.165, 1.54) is 6.07 Å². The van der Waals surface area contributed by atoms with Crippen LogP contribution in [0.5, 0.6) is 5.75 Å². The average molecular weight is 341 g/mol. The first kappa shape index (κ1) is 15.7. The number of nitrogens with zero attached hydrogens (tertiary/aromatic N) is 2. The van der Waals surface area contributed by atoms with Crippen LogP contribution in [0.25, 0.3) is 0 Å². The Labute approximate surface area is 144 Å². The molecule has 25 heavy (non-hydrogen) atoms. The zero-order valence-corrected chi connectivity index (χ0v) is 13.8. The summed E-state index contributed by atoms with van der Waals surface area (Å²) in [6, 6.07) is 10.9. The monoisotopic (exact) mass is 341 g/mol. The van der Waals surface area contributed by atoms with Gasteiger partial charge in [0.2, 0.25) is 5.43 Å². The van der Waals surface area contributed by atoms with E-state index in [9.17, 15) is 9.59 Å². The Balaban J connectivity index is 1.69. The second-order valence-corrected chi connectivity index (χ2v) is 6.15. The standard InChI is InChI=1S/C18H19N3O4/c1-12-17-19-21-8-7-14(22)16(25-11-13-5-3-2-4-6-13)15(21)18(23)20(17)9-10-24-12/h2-8,12,17,19H,9-11H2,1H3/t12-,17?/m0/s1. The van der Waals surface area contributed by atoms with Crippen LogP contribution in [-0.2, 0) is 11.3 Å². The number of hydrogen-bond donors (Lipinski definition) is 1. The maximum atomic E-state index is 13.0. The van der Waals surface area contributed by atoms with Crippen LogP contribution < -0.4 is 15.6 Å². The Kier molecular flexibility index (Phi) is 3.93. The van der Waals surface area contributed by atoms with Crippen LogP contribution in [-0.4, -0.2) is 40.9 Å². The van der Waals surface area contributed by atoms with Crippen LogP contribution in [0, 0.1) is 0 Å². The maximum Gasteiger partial charge on any atom is 0.278 e. The first-order valence-corrected chi connectivity index (χ1v) is 8.26. The van der Waals surface area contributed by atoms with Crippen LogP contribution in [0.1, 0.15) is 23.0 Å². The molecular weight excluding hydrogens is 322 g/mol. The molecule has 130 valence electrons. The largest absolute Gasteiger partial charge is 0.482 e. The Morgan fingerprint density at radius 2 is 2.04 bits per heavy atom. The lowest BCUT2D eigenvalue weighted by atomic mass is 10.1. The lowest BCUT2D eigenvalue weighted by molar-refractivity contribution is -0.0492. The lowest BCUT2D eigenvalue weighted by Gasteiger charge is -2.44. The molecule has 2 aliphatic heterocycles. The topological polar surface area (TPSA) is 72.8 Å². The molecule has 0 aliphatic carbocycles. The molecule has 2 atom stereocenters. The molecule has 3 heterocycles.